The Kier molecular flexibility index (Phi) is 2.40. The van der Waals surface area contributed by atoms with Gasteiger partial charge < -0.3 is 5.11 Å². The van der Waals surface area contributed by atoms with Crippen LogP contribution in [0.5, 0.6) is 5.75 Å². The number of aromatic hydroxyl groups is 1. The predicted molar refractivity (Wildman–Crippen MR) is 71.4 cm³/mol. The molecule has 1 aromatic rings. The Morgan fingerprint density at radius 1 is 1.37 bits per heavy atom. The van der Waals surface area contributed by atoms with E-state index in [9.17, 15) is 14.3 Å². The molecule has 3 heteroatoms. The van der Waals surface area contributed by atoms with E-state index >= 15 is 0 Å². The Labute approximate surface area is 112 Å². The van der Waals surface area contributed by atoms with Gasteiger partial charge in [0.1, 0.15) is 0 Å². The monoisotopic (exact) mass is 260 g/mol. The van der Waals surface area contributed by atoms with Gasteiger partial charge >= 0.3 is 0 Å². The van der Waals surface area contributed by atoms with Crippen molar-refractivity contribution in [2.75, 3.05) is 0 Å². The smallest absolute Gasteiger partial charge is 0.165 e. The van der Waals surface area contributed by atoms with Crippen molar-refractivity contribution in [3.8, 4) is 5.75 Å². The molecule has 0 aromatic heterocycles. The number of phenols is 1. The molecule has 2 aliphatic rings. The van der Waals surface area contributed by atoms with Gasteiger partial charge in [0.25, 0.3) is 0 Å². The summed E-state index contributed by atoms with van der Waals surface area (Å²) in [7, 11) is 0. The van der Waals surface area contributed by atoms with E-state index in [4.69, 9.17) is 0 Å². The van der Waals surface area contributed by atoms with Gasteiger partial charge in [0.2, 0.25) is 0 Å². The first-order valence-corrected chi connectivity index (χ1v) is 6.61. The van der Waals surface area contributed by atoms with Gasteiger partial charge in [0.15, 0.2) is 17.3 Å². The molecule has 100 valence electrons. The zero-order valence-electron chi connectivity index (χ0n) is 11.4. The third kappa shape index (κ3) is 1.50. The van der Waals surface area contributed by atoms with Gasteiger partial charge in [0, 0.05) is 6.42 Å². The highest BCUT2D eigenvalue weighted by Gasteiger charge is 2.44. The van der Waals surface area contributed by atoms with Crippen LogP contribution in [-0.4, -0.2) is 10.9 Å². The maximum atomic E-state index is 13.8. The summed E-state index contributed by atoms with van der Waals surface area (Å²) >= 11 is 0. The quantitative estimate of drug-likeness (QED) is 0.774. The average molecular weight is 260 g/mol. The number of halogens is 1. The molecule has 0 bridgehead atoms. The minimum Gasteiger partial charge on any atom is -0.505 e. The Bertz CT molecular complexity index is 643. The second-order valence-electron chi connectivity index (χ2n) is 6.02. The molecule has 19 heavy (non-hydrogen) atoms. The van der Waals surface area contributed by atoms with E-state index < -0.39 is 5.82 Å². The zero-order chi connectivity index (χ0) is 13.9. The van der Waals surface area contributed by atoms with Crippen molar-refractivity contribution >= 4 is 11.4 Å². The number of hydrogen-bond acceptors (Lipinski definition) is 2. The van der Waals surface area contributed by atoms with Crippen LogP contribution in [0.2, 0.25) is 0 Å². The SMILES string of the molecule is CC1=C2c3cc(F)c(O)c(C)c3CC2(C)CCC1=O. The lowest BCUT2D eigenvalue weighted by Crippen LogP contribution is -2.24. The lowest BCUT2D eigenvalue weighted by molar-refractivity contribution is -0.116. The summed E-state index contributed by atoms with van der Waals surface area (Å²) in [6, 6.07) is 1.39. The maximum absolute atomic E-state index is 13.8. The van der Waals surface area contributed by atoms with Gasteiger partial charge in [-0.1, -0.05) is 6.92 Å². The molecule has 0 heterocycles. The van der Waals surface area contributed by atoms with Crippen LogP contribution in [-0.2, 0) is 11.2 Å². The largest absolute Gasteiger partial charge is 0.505 e. The Hall–Kier alpha value is -1.64. The Balaban J connectivity index is 2.34. The summed E-state index contributed by atoms with van der Waals surface area (Å²) in [5.74, 6) is -0.698. The second kappa shape index (κ2) is 3.69. The lowest BCUT2D eigenvalue weighted by atomic mass is 9.71. The molecule has 1 unspecified atom stereocenters. The van der Waals surface area contributed by atoms with Gasteiger partial charge in [-0.15, -0.1) is 0 Å². The maximum Gasteiger partial charge on any atom is 0.165 e. The average Bonchev–Trinajstić information content (AvgIpc) is 2.66. The Morgan fingerprint density at radius 3 is 2.74 bits per heavy atom. The Morgan fingerprint density at radius 2 is 2.05 bits per heavy atom. The van der Waals surface area contributed by atoms with Crippen molar-refractivity contribution in [2.24, 2.45) is 5.41 Å². The standard InChI is InChI=1S/C16H17FO2/c1-8-11-7-16(3)5-4-13(18)9(2)14(16)10(11)6-12(17)15(8)19/h6,19H,4-5,7H2,1-3H3. The van der Waals surface area contributed by atoms with Crippen LogP contribution in [0.25, 0.3) is 5.57 Å². The topological polar surface area (TPSA) is 37.3 Å². The van der Waals surface area contributed by atoms with Gasteiger partial charge in [0.05, 0.1) is 0 Å². The summed E-state index contributed by atoms with van der Waals surface area (Å²) in [6.07, 6.45) is 2.14. The molecule has 2 nitrogen and oxygen atoms in total. The highest BCUT2D eigenvalue weighted by Crippen LogP contribution is 2.55. The molecule has 0 spiro atoms. The zero-order valence-corrected chi connectivity index (χ0v) is 11.4. The molecule has 1 aromatic carbocycles. The van der Waals surface area contributed by atoms with Crippen LogP contribution in [0, 0.1) is 18.2 Å². The number of benzene rings is 1. The molecule has 0 amide bonds. The van der Waals surface area contributed by atoms with Crippen LogP contribution < -0.4 is 0 Å². The molecule has 0 aliphatic heterocycles. The lowest BCUT2D eigenvalue weighted by Gasteiger charge is -2.31. The molecule has 0 fully saturated rings. The van der Waals surface area contributed by atoms with Crippen molar-refractivity contribution in [1.29, 1.82) is 0 Å². The fourth-order valence-corrected chi connectivity index (χ4v) is 3.65. The van der Waals surface area contributed by atoms with E-state index in [0.717, 1.165) is 35.1 Å². The van der Waals surface area contributed by atoms with Crippen LogP contribution in [0.15, 0.2) is 11.6 Å². The summed E-state index contributed by atoms with van der Waals surface area (Å²) in [4.78, 5) is 11.9. The van der Waals surface area contributed by atoms with Crippen LogP contribution in [0.1, 0.15) is 43.4 Å². The van der Waals surface area contributed by atoms with E-state index in [-0.39, 0.29) is 16.9 Å². The van der Waals surface area contributed by atoms with Crippen molar-refractivity contribution in [2.45, 2.75) is 40.0 Å². The number of fused-ring (bicyclic) bond motifs is 3. The number of hydrogen-bond donors (Lipinski definition) is 1. The van der Waals surface area contributed by atoms with E-state index in [0.29, 0.717) is 12.0 Å². The highest BCUT2D eigenvalue weighted by atomic mass is 19.1. The summed E-state index contributed by atoms with van der Waals surface area (Å²) in [6.45, 7) is 5.71. The molecule has 1 N–H and O–H groups in total. The summed E-state index contributed by atoms with van der Waals surface area (Å²) in [5.41, 5.74) is 4.08. The fraction of sp³-hybridized carbons (Fsp3) is 0.438. The van der Waals surface area contributed by atoms with Gasteiger partial charge in [-0.25, -0.2) is 4.39 Å². The number of allylic oxidation sites excluding steroid dienone is 2. The van der Waals surface area contributed by atoms with E-state index in [1.165, 1.54) is 6.07 Å². The van der Waals surface area contributed by atoms with Crippen LogP contribution in [0.4, 0.5) is 4.39 Å². The first-order valence-electron chi connectivity index (χ1n) is 6.61. The van der Waals surface area contributed by atoms with Crippen molar-refractivity contribution in [3.05, 3.63) is 34.1 Å². The molecule has 2 aliphatic carbocycles. The predicted octanol–water partition coefficient (Wildman–Crippen LogP) is 3.54. The van der Waals surface area contributed by atoms with Gasteiger partial charge in [-0.05, 0) is 66.0 Å². The number of rotatable bonds is 0. The molecule has 0 saturated carbocycles. The minimum absolute atomic E-state index is 0.0919. The van der Waals surface area contributed by atoms with Crippen LogP contribution in [0.3, 0.4) is 0 Å². The van der Waals surface area contributed by atoms with Gasteiger partial charge in [-0.2, -0.15) is 0 Å². The van der Waals surface area contributed by atoms with E-state index in [1.807, 2.05) is 6.92 Å². The number of phenolic OH excluding ortho intramolecular Hbond substituents is 1. The third-order valence-corrected chi connectivity index (χ3v) is 4.77. The van der Waals surface area contributed by atoms with Crippen LogP contribution >= 0.6 is 0 Å². The number of Topliss-reactive ketones (excluding diaryl/α,β-unsaturated/α-hetero) is 1. The first kappa shape index (κ1) is 12.4. The molecule has 3 rings (SSSR count). The second-order valence-corrected chi connectivity index (χ2v) is 6.02. The number of carbonyl (C=O) groups excluding carboxylic acids is 1. The number of ketones is 1. The first-order chi connectivity index (χ1) is 8.85. The van der Waals surface area contributed by atoms with Crippen molar-refractivity contribution in [1.82, 2.24) is 0 Å². The van der Waals surface area contributed by atoms with E-state index in [2.05, 4.69) is 6.92 Å². The molecular formula is C16H17FO2. The van der Waals surface area contributed by atoms with E-state index in [1.54, 1.807) is 6.92 Å². The summed E-state index contributed by atoms with van der Waals surface area (Å²) < 4.78 is 13.8. The highest BCUT2D eigenvalue weighted by molar-refractivity contribution is 6.06. The summed E-state index contributed by atoms with van der Waals surface area (Å²) in [5, 5.41) is 9.75. The normalized spacial score (nSPS) is 25.6. The number of carbonyl (C=O) groups is 1. The molecule has 1 atom stereocenters. The third-order valence-electron chi connectivity index (χ3n) is 4.77. The van der Waals surface area contributed by atoms with Crippen molar-refractivity contribution in [3.63, 3.8) is 0 Å². The fourth-order valence-electron chi connectivity index (χ4n) is 3.65. The molecular weight excluding hydrogens is 243 g/mol. The minimum atomic E-state index is -0.598. The van der Waals surface area contributed by atoms with Crippen molar-refractivity contribution < 1.29 is 14.3 Å². The van der Waals surface area contributed by atoms with Gasteiger partial charge in [-0.3, -0.25) is 4.79 Å². The molecule has 0 saturated heterocycles. The molecule has 0 radical (unpaired) electrons.